The lowest BCUT2D eigenvalue weighted by molar-refractivity contribution is -0.123. The van der Waals surface area contributed by atoms with Crippen LogP contribution in [0.3, 0.4) is 0 Å². The predicted octanol–water partition coefficient (Wildman–Crippen LogP) is 2.50. The fraction of sp³-hybridized carbons (Fsp3) is 0.533. The molecule has 0 bridgehead atoms. The van der Waals surface area contributed by atoms with Crippen LogP contribution in [-0.2, 0) is 4.79 Å². The Balaban J connectivity index is 2.44. The highest BCUT2D eigenvalue weighted by atomic mass is 16.2. The molecule has 1 unspecified atom stereocenters. The van der Waals surface area contributed by atoms with E-state index in [9.17, 15) is 4.79 Å². The molecule has 0 saturated carbocycles. The first-order chi connectivity index (χ1) is 8.50. The third-order valence-corrected chi connectivity index (χ3v) is 2.88. The normalized spacial score (nSPS) is 14.3. The molecule has 0 aliphatic carbocycles. The van der Waals surface area contributed by atoms with Crippen LogP contribution in [-0.4, -0.2) is 18.5 Å². The molecule has 0 fully saturated rings. The van der Waals surface area contributed by atoms with Crippen molar-refractivity contribution in [3.8, 4) is 0 Å². The van der Waals surface area contributed by atoms with Gasteiger partial charge in [0.25, 0.3) is 0 Å². The largest absolute Gasteiger partial charge is 0.354 e. The summed E-state index contributed by atoms with van der Waals surface area (Å²) in [5.74, 6) is 0.541. The van der Waals surface area contributed by atoms with Gasteiger partial charge in [-0.3, -0.25) is 10.1 Å². The zero-order valence-corrected chi connectivity index (χ0v) is 11.7. The van der Waals surface area contributed by atoms with Crippen molar-refractivity contribution in [2.24, 2.45) is 5.92 Å². The maximum atomic E-state index is 11.8. The maximum Gasteiger partial charge on any atom is 0.236 e. The van der Waals surface area contributed by atoms with Crippen LogP contribution in [0.1, 0.15) is 39.3 Å². The number of hydrogen-bond donors (Lipinski definition) is 2. The van der Waals surface area contributed by atoms with Crippen molar-refractivity contribution in [2.45, 2.75) is 39.8 Å². The summed E-state index contributed by atoms with van der Waals surface area (Å²) in [4.78, 5) is 11.8. The van der Waals surface area contributed by atoms with Crippen LogP contribution in [0, 0.1) is 5.92 Å². The molecule has 0 aliphatic rings. The molecule has 1 rings (SSSR count). The van der Waals surface area contributed by atoms with E-state index in [4.69, 9.17) is 0 Å². The van der Waals surface area contributed by atoms with E-state index in [0.29, 0.717) is 5.92 Å². The van der Waals surface area contributed by atoms with Crippen molar-refractivity contribution in [1.29, 1.82) is 0 Å². The van der Waals surface area contributed by atoms with Gasteiger partial charge < -0.3 is 5.32 Å². The van der Waals surface area contributed by atoms with Crippen molar-refractivity contribution in [3.63, 3.8) is 0 Å². The van der Waals surface area contributed by atoms with Crippen LogP contribution in [0.25, 0.3) is 0 Å². The van der Waals surface area contributed by atoms with Crippen molar-refractivity contribution in [1.82, 2.24) is 10.6 Å². The summed E-state index contributed by atoms with van der Waals surface area (Å²) in [5.41, 5.74) is 1.20. The Labute approximate surface area is 110 Å². The number of nitrogens with one attached hydrogen (secondary N) is 2. The van der Waals surface area contributed by atoms with E-state index in [2.05, 4.69) is 43.5 Å². The maximum absolute atomic E-state index is 11.8. The molecule has 0 saturated heterocycles. The molecular weight excluding hydrogens is 224 g/mol. The van der Waals surface area contributed by atoms with E-state index >= 15 is 0 Å². The van der Waals surface area contributed by atoms with Gasteiger partial charge in [-0.2, -0.15) is 0 Å². The zero-order chi connectivity index (χ0) is 13.5. The Morgan fingerprint density at radius 3 is 2.28 bits per heavy atom. The molecule has 100 valence electrons. The van der Waals surface area contributed by atoms with Crippen LogP contribution in [0.5, 0.6) is 0 Å². The minimum absolute atomic E-state index is 0.0616. The molecular formula is C15H24N2O. The molecule has 0 aromatic heterocycles. The van der Waals surface area contributed by atoms with E-state index in [1.807, 2.05) is 25.1 Å². The molecule has 18 heavy (non-hydrogen) atoms. The minimum Gasteiger partial charge on any atom is -0.354 e. The summed E-state index contributed by atoms with van der Waals surface area (Å²) in [6.07, 6.45) is 0. The fourth-order valence-electron chi connectivity index (χ4n) is 1.75. The van der Waals surface area contributed by atoms with Gasteiger partial charge in [-0.1, -0.05) is 44.2 Å². The third-order valence-electron chi connectivity index (χ3n) is 2.88. The van der Waals surface area contributed by atoms with Crippen molar-refractivity contribution >= 4 is 5.91 Å². The first kappa shape index (κ1) is 14.7. The molecule has 0 aliphatic heterocycles. The topological polar surface area (TPSA) is 41.1 Å². The first-order valence-corrected chi connectivity index (χ1v) is 6.59. The number of hydrogen-bond acceptors (Lipinski definition) is 2. The highest BCUT2D eigenvalue weighted by Crippen LogP contribution is 2.11. The SMILES string of the molecule is CC(C)CNC(=O)C(C)N[C@@H](C)c1ccccc1. The monoisotopic (exact) mass is 248 g/mol. The van der Waals surface area contributed by atoms with Gasteiger partial charge in [0, 0.05) is 12.6 Å². The highest BCUT2D eigenvalue weighted by Gasteiger charge is 2.15. The van der Waals surface area contributed by atoms with Gasteiger partial charge in [0.1, 0.15) is 0 Å². The Kier molecular flexibility index (Phi) is 5.86. The van der Waals surface area contributed by atoms with Crippen molar-refractivity contribution in [2.75, 3.05) is 6.54 Å². The van der Waals surface area contributed by atoms with Crippen molar-refractivity contribution < 1.29 is 4.79 Å². The van der Waals surface area contributed by atoms with Gasteiger partial charge >= 0.3 is 0 Å². The van der Waals surface area contributed by atoms with Crippen LogP contribution in [0.15, 0.2) is 30.3 Å². The summed E-state index contributed by atoms with van der Waals surface area (Å²) in [6, 6.07) is 10.1. The van der Waals surface area contributed by atoms with Gasteiger partial charge in [0.15, 0.2) is 0 Å². The number of benzene rings is 1. The van der Waals surface area contributed by atoms with E-state index in [0.717, 1.165) is 6.54 Å². The van der Waals surface area contributed by atoms with E-state index < -0.39 is 0 Å². The number of rotatable bonds is 6. The van der Waals surface area contributed by atoms with Gasteiger partial charge in [-0.05, 0) is 25.3 Å². The van der Waals surface area contributed by atoms with E-state index in [1.165, 1.54) is 5.56 Å². The molecule has 2 atom stereocenters. The number of carbonyl (C=O) groups is 1. The molecule has 1 amide bonds. The first-order valence-electron chi connectivity index (χ1n) is 6.59. The summed E-state index contributed by atoms with van der Waals surface area (Å²) in [7, 11) is 0. The lowest BCUT2D eigenvalue weighted by atomic mass is 10.1. The lowest BCUT2D eigenvalue weighted by Crippen LogP contribution is -2.44. The summed E-state index contributed by atoms with van der Waals surface area (Å²) in [5, 5.41) is 6.24. The molecule has 1 aromatic carbocycles. The molecule has 0 radical (unpaired) electrons. The van der Waals surface area contributed by atoms with Crippen LogP contribution in [0.4, 0.5) is 0 Å². The standard InChI is InChI=1S/C15H24N2O/c1-11(2)10-16-15(18)13(4)17-12(3)14-8-6-5-7-9-14/h5-9,11-13,17H,10H2,1-4H3,(H,16,18)/t12-,13?/m0/s1. The molecule has 2 N–H and O–H groups in total. The second-order valence-electron chi connectivity index (χ2n) is 5.16. The number of carbonyl (C=O) groups excluding carboxylic acids is 1. The average Bonchev–Trinajstić information content (AvgIpc) is 2.36. The summed E-state index contributed by atoms with van der Waals surface area (Å²) >= 11 is 0. The number of amides is 1. The van der Waals surface area contributed by atoms with Gasteiger partial charge in [0.2, 0.25) is 5.91 Å². The van der Waals surface area contributed by atoms with Gasteiger partial charge in [0.05, 0.1) is 6.04 Å². The Bertz CT molecular complexity index is 362. The third kappa shape index (κ3) is 4.88. The molecule has 0 heterocycles. The average molecular weight is 248 g/mol. The van der Waals surface area contributed by atoms with Gasteiger partial charge in [-0.25, -0.2) is 0 Å². The van der Waals surface area contributed by atoms with Crippen LogP contribution in [0.2, 0.25) is 0 Å². The molecule has 1 aromatic rings. The Morgan fingerprint density at radius 1 is 1.11 bits per heavy atom. The van der Waals surface area contributed by atoms with Crippen LogP contribution < -0.4 is 10.6 Å². The predicted molar refractivity (Wildman–Crippen MR) is 75.3 cm³/mol. The second-order valence-corrected chi connectivity index (χ2v) is 5.16. The van der Waals surface area contributed by atoms with Crippen molar-refractivity contribution in [3.05, 3.63) is 35.9 Å². The Hall–Kier alpha value is -1.35. The highest BCUT2D eigenvalue weighted by molar-refractivity contribution is 5.81. The smallest absolute Gasteiger partial charge is 0.236 e. The van der Waals surface area contributed by atoms with Gasteiger partial charge in [-0.15, -0.1) is 0 Å². The quantitative estimate of drug-likeness (QED) is 0.812. The second kappa shape index (κ2) is 7.17. The summed E-state index contributed by atoms with van der Waals surface area (Å²) < 4.78 is 0. The summed E-state index contributed by atoms with van der Waals surface area (Å²) in [6.45, 7) is 8.87. The molecule has 0 spiro atoms. The fourth-order valence-corrected chi connectivity index (χ4v) is 1.75. The lowest BCUT2D eigenvalue weighted by Gasteiger charge is -2.20. The molecule has 3 nitrogen and oxygen atoms in total. The van der Waals surface area contributed by atoms with Crippen LogP contribution >= 0.6 is 0 Å². The Morgan fingerprint density at radius 2 is 1.72 bits per heavy atom. The van der Waals surface area contributed by atoms with E-state index in [1.54, 1.807) is 0 Å². The minimum atomic E-state index is -0.182. The van der Waals surface area contributed by atoms with E-state index in [-0.39, 0.29) is 18.0 Å². The zero-order valence-electron chi connectivity index (χ0n) is 11.7. The molecule has 3 heteroatoms.